The smallest absolute Gasteiger partial charge is 0.0688 e. The molecular weight excluding hydrogens is 290 g/mol. The van der Waals surface area contributed by atoms with Gasteiger partial charge in [-0.1, -0.05) is 0 Å². The predicted molar refractivity (Wildman–Crippen MR) is 72.0 cm³/mol. The van der Waals surface area contributed by atoms with E-state index in [1.54, 1.807) is 11.3 Å². The van der Waals surface area contributed by atoms with Crippen molar-refractivity contribution in [3.05, 3.63) is 42.7 Å². The molecule has 2 rings (SSSR count). The first-order chi connectivity index (χ1) is 7.22. The summed E-state index contributed by atoms with van der Waals surface area (Å²) in [5.41, 5.74) is 1.34. The minimum Gasteiger partial charge on any atom is -0.309 e. The number of thiophene rings is 2. The molecule has 1 nitrogen and oxygen atoms in total. The molecule has 0 aliphatic carbocycles. The Hall–Kier alpha value is -0.160. The van der Waals surface area contributed by atoms with E-state index in [1.165, 1.54) is 19.8 Å². The molecular formula is C11H12BrNS2. The number of hydrogen-bond donors (Lipinski definition) is 1. The van der Waals surface area contributed by atoms with Gasteiger partial charge in [-0.2, -0.15) is 11.3 Å². The number of halogens is 1. The van der Waals surface area contributed by atoms with Gasteiger partial charge in [0.2, 0.25) is 0 Å². The normalized spacial score (nSPS) is 13.0. The Labute approximate surface area is 106 Å². The molecule has 1 unspecified atom stereocenters. The van der Waals surface area contributed by atoms with Crippen LogP contribution in [0.2, 0.25) is 0 Å². The highest BCUT2D eigenvalue weighted by atomic mass is 79.9. The quantitative estimate of drug-likeness (QED) is 0.896. The van der Waals surface area contributed by atoms with Crippen LogP contribution in [0.3, 0.4) is 0 Å². The Morgan fingerprint density at radius 1 is 1.47 bits per heavy atom. The van der Waals surface area contributed by atoms with Crippen LogP contribution in [0.15, 0.2) is 27.4 Å². The number of rotatable bonds is 3. The van der Waals surface area contributed by atoms with Crippen molar-refractivity contribution >= 4 is 38.6 Å². The maximum atomic E-state index is 3.62. The molecule has 0 fully saturated rings. The Bertz CT molecular complexity index is 433. The van der Waals surface area contributed by atoms with Gasteiger partial charge in [0.05, 0.1) is 6.04 Å². The second-order valence-electron chi connectivity index (χ2n) is 3.35. The molecule has 2 aromatic rings. The Balaban J connectivity index is 2.39. The summed E-state index contributed by atoms with van der Waals surface area (Å²) < 4.78 is 1.20. The third-order valence-electron chi connectivity index (χ3n) is 2.26. The number of nitrogens with one attached hydrogen (secondary N) is 1. The third-order valence-corrected chi connectivity index (χ3v) is 5.00. The van der Waals surface area contributed by atoms with Gasteiger partial charge in [-0.25, -0.2) is 0 Å². The SMILES string of the molecule is CNC(c1ccsc1)c1sc(C)cc1Br. The van der Waals surface area contributed by atoms with Gasteiger partial charge in [-0.15, -0.1) is 11.3 Å². The minimum atomic E-state index is 0.310. The van der Waals surface area contributed by atoms with E-state index >= 15 is 0 Å². The van der Waals surface area contributed by atoms with Crippen LogP contribution in [-0.4, -0.2) is 7.05 Å². The summed E-state index contributed by atoms with van der Waals surface area (Å²) in [6.45, 7) is 2.14. The molecule has 0 radical (unpaired) electrons. The monoisotopic (exact) mass is 301 g/mol. The Morgan fingerprint density at radius 3 is 2.73 bits per heavy atom. The van der Waals surface area contributed by atoms with Gasteiger partial charge in [0, 0.05) is 14.2 Å². The van der Waals surface area contributed by atoms with E-state index in [-0.39, 0.29) is 0 Å². The largest absolute Gasteiger partial charge is 0.309 e. The van der Waals surface area contributed by atoms with E-state index < -0.39 is 0 Å². The third kappa shape index (κ3) is 2.33. The van der Waals surface area contributed by atoms with Crippen molar-refractivity contribution in [2.75, 3.05) is 7.05 Å². The molecule has 0 amide bonds. The van der Waals surface area contributed by atoms with E-state index in [4.69, 9.17) is 0 Å². The summed E-state index contributed by atoms with van der Waals surface area (Å²) >= 11 is 7.20. The molecule has 0 saturated heterocycles. The summed E-state index contributed by atoms with van der Waals surface area (Å²) in [5, 5.41) is 7.68. The zero-order chi connectivity index (χ0) is 10.8. The van der Waals surface area contributed by atoms with Gasteiger partial charge in [0.15, 0.2) is 0 Å². The van der Waals surface area contributed by atoms with Crippen molar-refractivity contribution in [2.45, 2.75) is 13.0 Å². The first-order valence-corrected chi connectivity index (χ1v) is 7.22. The molecule has 0 aliphatic heterocycles. The molecule has 0 saturated carbocycles. The first-order valence-electron chi connectivity index (χ1n) is 4.67. The Morgan fingerprint density at radius 2 is 2.27 bits per heavy atom. The van der Waals surface area contributed by atoms with Crippen molar-refractivity contribution in [1.82, 2.24) is 5.32 Å². The molecule has 0 spiro atoms. The van der Waals surface area contributed by atoms with Crippen LogP contribution >= 0.6 is 38.6 Å². The molecule has 2 heterocycles. The fourth-order valence-electron chi connectivity index (χ4n) is 1.59. The molecule has 80 valence electrons. The molecule has 0 aliphatic rings. The molecule has 4 heteroatoms. The van der Waals surface area contributed by atoms with Crippen LogP contribution < -0.4 is 5.32 Å². The summed E-state index contributed by atoms with van der Waals surface area (Å²) in [5.74, 6) is 0. The highest BCUT2D eigenvalue weighted by Crippen LogP contribution is 2.35. The summed E-state index contributed by atoms with van der Waals surface area (Å²) in [4.78, 5) is 2.70. The second-order valence-corrected chi connectivity index (χ2v) is 6.27. The highest BCUT2D eigenvalue weighted by Gasteiger charge is 2.17. The average molecular weight is 302 g/mol. The molecule has 1 N–H and O–H groups in total. The second kappa shape index (κ2) is 4.78. The van der Waals surface area contributed by atoms with E-state index in [2.05, 4.69) is 51.1 Å². The van der Waals surface area contributed by atoms with Crippen LogP contribution in [0.25, 0.3) is 0 Å². The van der Waals surface area contributed by atoms with Crippen molar-refractivity contribution in [2.24, 2.45) is 0 Å². The summed E-state index contributed by atoms with van der Waals surface area (Å²) in [6.07, 6.45) is 0. The zero-order valence-electron chi connectivity index (χ0n) is 8.58. The standard InChI is InChI=1S/C11H12BrNS2/c1-7-5-9(12)11(15-7)10(13-2)8-3-4-14-6-8/h3-6,10,13H,1-2H3. The van der Waals surface area contributed by atoms with Gasteiger partial charge in [-0.05, 0) is 58.4 Å². The van der Waals surface area contributed by atoms with Crippen LogP contribution in [-0.2, 0) is 0 Å². The molecule has 0 aromatic carbocycles. The lowest BCUT2D eigenvalue weighted by Crippen LogP contribution is -2.15. The van der Waals surface area contributed by atoms with E-state index in [9.17, 15) is 0 Å². The van der Waals surface area contributed by atoms with Crippen molar-refractivity contribution in [3.63, 3.8) is 0 Å². The van der Waals surface area contributed by atoms with E-state index in [1.807, 2.05) is 18.4 Å². The van der Waals surface area contributed by atoms with Gasteiger partial charge >= 0.3 is 0 Å². The first kappa shape index (κ1) is 11.3. The summed E-state index contributed by atoms with van der Waals surface area (Å²) in [6, 6.07) is 4.66. The van der Waals surface area contributed by atoms with Crippen LogP contribution in [0.4, 0.5) is 0 Å². The topological polar surface area (TPSA) is 12.0 Å². The van der Waals surface area contributed by atoms with E-state index in [0.29, 0.717) is 6.04 Å². The highest BCUT2D eigenvalue weighted by molar-refractivity contribution is 9.10. The van der Waals surface area contributed by atoms with Gasteiger partial charge in [0.25, 0.3) is 0 Å². The lowest BCUT2D eigenvalue weighted by Gasteiger charge is -2.13. The maximum Gasteiger partial charge on any atom is 0.0688 e. The van der Waals surface area contributed by atoms with Crippen molar-refractivity contribution in [3.8, 4) is 0 Å². The predicted octanol–water partition coefficient (Wildman–Crippen LogP) is 4.19. The average Bonchev–Trinajstić information content (AvgIpc) is 2.79. The van der Waals surface area contributed by atoms with Gasteiger partial charge in [-0.3, -0.25) is 0 Å². The maximum absolute atomic E-state index is 3.62. The lowest BCUT2D eigenvalue weighted by molar-refractivity contribution is 0.704. The number of hydrogen-bond acceptors (Lipinski definition) is 3. The van der Waals surface area contributed by atoms with Crippen molar-refractivity contribution < 1.29 is 0 Å². The van der Waals surface area contributed by atoms with Gasteiger partial charge < -0.3 is 5.32 Å². The fourth-order valence-corrected chi connectivity index (χ4v) is 4.29. The van der Waals surface area contributed by atoms with Crippen LogP contribution in [0.5, 0.6) is 0 Å². The fraction of sp³-hybridized carbons (Fsp3) is 0.273. The zero-order valence-corrected chi connectivity index (χ0v) is 11.8. The summed E-state index contributed by atoms with van der Waals surface area (Å²) in [7, 11) is 2.00. The molecule has 1 atom stereocenters. The lowest BCUT2D eigenvalue weighted by atomic mass is 10.1. The van der Waals surface area contributed by atoms with E-state index in [0.717, 1.165) is 0 Å². The number of aryl methyl sites for hydroxylation is 1. The molecule has 0 bridgehead atoms. The minimum absolute atomic E-state index is 0.310. The van der Waals surface area contributed by atoms with Gasteiger partial charge in [0.1, 0.15) is 0 Å². The van der Waals surface area contributed by atoms with Crippen molar-refractivity contribution in [1.29, 1.82) is 0 Å². The van der Waals surface area contributed by atoms with Crippen LogP contribution in [0, 0.1) is 6.92 Å². The van der Waals surface area contributed by atoms with Crippen LogP contribution in [0.1, 0.15) is 21.4 Å². The molecule has 2 aromatic heterocycles. The molecule has 15 heavy (non-hydrogen) atoms. The Kier molecular flexibility index (Phi) is 3.61.